The number of hydrogen-bond acceptors (Lipinski definition) is 1. The van der Waals surface area contributed by atoms with Crippen LogP contribution in [0, 0.1) is 5.41 Å². The summed E-state index contributed by atoms with van der Waals surface area (Å²) in [6.07, 6.45) is 16.6. The summed E-state index contributed by atoms with van der Waals surface area (Å²) >= 11 is 0. The predicted molar refractivity (Wildman–Crippen MR) is 75.2 cm³/mol. The highest BCUT2D eigenvalue weighted by Gasteiger charge is 2.37. The second kappa shape index (κ2) is 6.04. The minimum atomic E-state index is 0.528. The molecular weight excluding hydrogens is 206 g/mol. The molecule has 0 aliphatic heterocycles. The first-order valence-corrected chi connectivity index (χ1v) is 7.62. The van der Waals surface area contributed by atoms with Crippen LogP contribution >= 0.6 is 0 Å². The molecule has 0 amide bonds. The van der Waals surface area contributed by atoms with Crippen molar-refractivity contribution in [2.75, 3.05) is 7.05 Å². The van der Waals surface area contributed by atoms with Gasteiger partial charge in [0.15, 0.2) is 0 Å². The van der Waals surface area contributed by atoms with Gasteiger partial charge in [0.1, 0.15) is 0 Å². The maximum absolute atomic E-state index is 3.63. The molecule has 0 bridgehead atoms. The van der Waals surface area contributed by atoms with Crippen LogP contribution in [0.1, 0.15) is 71.1 Å². The van der Waals surface area contributed by atoms with Crippen molar-refractivity contribution in [3.8, 4) is 0 Å². The molecule has 17 heavy (non-hydrogen) atoms. The minimum absolute atomic E-state index is 0.528. The topological polar surface area (TPSA) is 12.0 Å². The van der Waals surface area contributed by atoms with Crippen molar-refractivity contribution in [2.24, 2.45) is 5.41 Å². The predicted octanol–water partition coefficient (Wildman–Crippen LogP) is 4.44. The number of likely N-dealkylation sites (N-methyl/N-ethyl adjacent to an activating group) is 1. The smallest absolute Gasteiger partial charge is 0.0330 e. The van der Waals surface area contributed by atoms with E-state index in [0.717, 1.165) is 0 Å². The molecule has 1 saturated carbocycles. The Morgan fingerprint density at radius 2 is 1.76 bits per heavy atom. The maximum atomic E-state index is 3.63. The van der Waals surface area contributed by atoms with Gasteiger partial charge in [0.05, 0.1) is 0 Å². The molecule has 1 heteroatoms. The van der Waals surface area contributed by atoms with Gasteiger partial charge in [0.2, 0.25) is 0 Å². The lowest BCUT2D eigenvalue weighted by Gasteiger charge is -2.36. The first kappa shape index (κ1) is 13.1. The minimum Gasteiger partial charge on any atom is -0.313 e. The Hall–Kier alpha value is -0.300. The SMILES string of the molecule is CNC(C1=CCCCCCC1)C1(C)CCCC1. The zero-order chi connectivity index (χ0) is 12.1. The summed E-state index contributed by atoms with van der Waals surface area (Å²) in [6.45, 7) is 2.50. The molecule has 0 radical (unpaired) electrons. The second-order valence-electron chi connectivity index (χ2n) is 6.31. The molecule has 1 N–H and O–H groups in total. The first-order chi connectivity index (χ1) is 8.26. The molecule has 98 valence electrons. The van der Waals surface area contributed by atoms with Crippen molar-refractivity contribution in [3.05, 3.63) is 11.6 Å². The van der Waals surface area contributed by atoms with Crippen LogP contribution in [0.2, 0.25) is 0 Å². The highest BCUT2D eigenvalue weighted by Crippen LogP contribution is 2.43. The van der Waals surface area contributed by atoms with Crippen LogP contribution in [0.15, 0.2) is 11.6 Å². The fourth-order valence-corrected chi connectivity index (χ4v) is 3.93. The van der Waals surface area contributed by atoms with Crippen molar-refractivity contribution in [1.82, 2.24) is 5.32 Å². The molecule has 0 saturated heterocycles. The summed E-state index contributed by atoms with van der Waals surface area (Å²) < 4.78 is 0. The number of rotatable bonds is 3. The summed E-state index contributed by atoms with van der Waals surface area (Å²) in [6, 6.07) is 0.642. The van der Waals surface area contributed by atoms with Crippen LogP contribution in [0.3, 0.4) is 0 Å². The van der Waals surface area contributed by atoms with Crippen LogP contribution in [0.5, 0.6) is 0 Å². The summed E-state index contributed by atoms with van der Waals surface area (Å²) in [5.74, 6) is 0. The van der Waals surface area contributed by atoms with Gasteiger partial charge in [-0.2, -0.15) is 0 Å². The summed E-state index contributed by atoms with van der Waals surface area (Å²) in [7, 11) is 2.16. The van der Waals surface area contributed by atoms with Crippen LogP contribution in [-0.4, -0.2) is 13.1 Å². The van der Waals surface area contributed by atoms with Gasteiger partial charge in [-0.15, -0.1) is 0 Å². The molecular formula is C16H29N. The quantitative estimate of drug-likeness (QED) is 0.713. The van der Waals surface area contributed by atoms with Crippen molar-refractivity contribution < 1.29 is 0 Å². The van der Waals surface area contributed by atoms with Crippen LogP contribution in [0.4, 0.5) is 0 Å². The average Bonchev–Trinajstić information content (AvgIpc) is 2.70. The van der Waals surface area contributed by atoms with E-state index in [9.17, 15) is 0 Å². The molecule has 2 rings (SSSR count). The molecule has 2 aliphatic carbocycles. The Kier molecular flexibility index (Phi) is 4.67. The standard InChI is InChI=1S/C16H29N/c1-16(12-8-9-13-16)15(17-2)14-10-6-4-3-5-7-11-14/h10,15,17H,3-9,11-13H2,1-2H3. The molecule has 0 aromatic heterocycles. The fourth-order valence-electron chi connectivity index (χ4n) is 3.93. The average molecular weight is 235 g/mol. The number of hydrogen-bond donors (Lipinski definition) is 1. The van der Waals surface area contributed by atoms with Crippen molar-refractivity contribution in [3.63, 3.8) is 0 Å². The van der Waals surface area contributed by atoms with E-state index >= 15 is 0 Å². The molecule has 2 aliphatic rings. The molecule has 0 spiro atoms. The zero-order valence-electron chi connectivity index (χ0n) is 11.7. The van der Waals surface area contributed by atoms with Crippen LogP contribution in [-0.2, 0) is 0 Å². The van der Waals surface area contributed by atoms with Crippen molar-refractivity contribution >= 4 is 0 Å². The summed E-state index contributed by atoms with van der Waals surface area (Å²) in [5.41, 5.74) is 2.25. The van der Waals surface area contributed by atoms with Gasteiger partial charge in [0.25, 0.3) is 0 Å². The third-order valence-electron chi connectivity index (χ3n) is 4.93. The Balaban J connectivity index is 2.10. The van der Waals surface area contributed by atoms with Gasteiger partial charge in [-0.3, -0.25) is 0 Å². The van der Waals surface area contributed by atoms with Gasteiger partial charge < -0.3 is 5.32 Å². The summed E-state index contributed by atoms with van der Waals surface area (Å²) in [5, 5.41) is 3.63. The van der Waals surface area contributed by atoms with E-state index in [1.54, 1.807) is 5.57 Å². The fraction of sp³-hybridized carbons (Fsp3) is 0.875. The van der Waals surface area contributed by atoms with E-state index < -0.39 is 0 Å². The molecule has 0 aromatic rings. The second-order valence-corrected chi connectivity index (χ2v) is 6.31. The first-order valence-electron chi connectivity index (χ1n) is 7.62. The van der Waals surface area contributed by atoms with E-state index in [1.165, 1.54) is 64.2 Å². The molecule has 1 nitrogen and oxygen atoms in total. The lowest BCUT2D eigenvalue weighted by Crippen LogP contribution is -2.41. The molecule has 1 unspecified atom stereocenters. The monoisotopic (exact) mass is 235 g/mol. The van der Waals surface area contributed by atoms with Gasteiger partial charge in [0, 0.05) is 6.04 Å². The lowest BCUT2D eigenvalue weighted by atomic mass is 9.75. The van der Waals surface area contributed by atoms with E-state index in [4.69, 9.17) is 0 Å². The zero-order valence-corrected chi connectivity index (χ0v) is 11.7. The Morgan fingerprint density at radius 1 is 1.06 bits per heavy atom. The molecule has 1 fully saturated rings. The third-order valence-corrected chi connectivity index (χ3v) is 4.93. The molecule has 0 aromatic carbocycles. The summed E-state index contributed by atoms with van der Waals surface area (Å²) in [4.78, 5) is 0. The third kappa shape index (κ3) is 3.13. The largest absolute Gasteiger partial charge is 0.313 e. The maximum Gasteiger partial charge on any atom is 0.0330 e. The van der Waals surface area contributed by atoms with Crippen LogP contribution < -0.4 is 5.32 Å². The van der Waals surface area contributed by atoms with E-state index in [0.29, 0.717) is 11.5 Å². The molecule has 1 atom stereocenters. The normalized spacial score (nSPS) is 27.1. The Bertz CT molecular complexity index is 261. The van der Waals surface area contributed by atoms with E-state index in [-0.39, 0.29) is 0 Å². The van der Waals surface area contributed by atoms with Gasteiger partial charge in [-0.1, -0.05) is 44.3 Å². The van der Waals surface area contributed by atoms with E-state index in [1.807, 2.05) is 0 Å². The lowest BCUT2D eigenvalue weighted by molar-refractivity contribution is 0.253. The van der Waals surface area contributed by atoms with E-state index in [2.05, 4.69) is 25.4 Å². The molecule has 0 heterocycles. The number of nitrogens with one attached hydrogen (secondary N) is 1. The van der Waals surface area contributed by atoms with Gasteiger partial charge in [-0.05, 0) is 51.0 Å². The van der Waals surface area contributed by atoms with Crippen LogP contribution in [0.25, 0.3) is 0 Å². The van der Waals surface area contributed by atoms with Gasteiger partial charge >= 0.3 is 0 Å². The van der Waals surface area contributed by atoms with Gasteiger partial charge in [-0.25, -0.2) is 0 Å². The Morgan fingerprint density at radius 3 is 2.47 bits per heavy atom. The van der Waals surface area contributed by atoms with Crippen molar-refractivity contribution in [2.45, 2.75) is 77.2 Å². The Labute approximate surface area is 107 Å². The van der Waals surface area contributed by atoms with Crippen molar-refractivity contribution in [1.29, 1.82) is 0 Å². The number of allylic oxidation sites excluding steroid dienone is 1. The highest BCUT2D eigenvalue weighted by molar-refractivity contribution is 5.17. The highest BCUT2D eigenvalue weighted by atomic mass is 14.9.